The van der Waals surface area contributed by atoms with Gasteiger partial charge in [0.05, 0.1) is 16.8 Å². The second kappa shape index (κ2) is 7.77. The lowest BCUT2D eigenvalue weighted by atomic mass is 10.1. The molecule has 1 amide bonds. The molecule has 0 bridgehead atoms. The standard InChI is InChI=1S/C21H22N2O4S/c1-13-10-15-19(11-14(13)2)28-21(23(15)8-9-25-3)22-20(24)18-12-26-16-6-4-5-7-17(16)27-18/h4-7,10-11,18H,8-9,12H2,1-3H3/t18-/m1/s1. The minimum Gasteiger partial charge on any atom is -0.485 e. The number of rotatable bonds is 4. The quantitative estimate of drug-likeness (QED) is 0.677. The topological polar surface area (TPSA) is 62.1 Å². The van der Waals surface area contributed by atoms with Crippen LogP contribution in [0.3, 0.4) is 0 Å². The third-order valence-corrected chi connectivity index (χ3v) is 5.85. The van der Waals surface area contributed by atoms with E-state index in [0.29, 0.717) is 29.5 Å². The summed E-state index contributed by atoms with van der Waals surface area (Å²) in [6.07, 6.45) is -0.751. The monoisotopic (exact) mass is 398 g/mol. The Bertz CT molecular complexity index is 1100. The molecule has 2 heterocycles. The molecule has 0 spiro atoms. The van der Waals surface area contributed by atoms with Crippen molar-refractivity contribution in [3.8, 4) is 11.5 Å². The number of aryl methyl sites for hydroxylation is 2. The number of carbonyl (C=O) groups excluding carboxylic acids is 1. The SMILES string of the molecule is COCCn1c(=NC(=O)[C@H]2COc3ccccc3O2)sc2cc(C)c(C)cc21. The molecule has 1 aliphatic heterocycles. The van der Waals surface area contributed by atoms with Crippen molar-refractivity contribution in [3.63, 3.8) is 0 Å². The summed E-state index contributed by atoms with van der Waals surface area (Å²) in [5.74, 6) is 0.868. The Labute approximate surface area is 167 Å². The van der Waals surface area contributed by atoms with Gasteiger partial charge in [-0.25, -0.2) is 0 Å². The van der Waals surface area contributed by atoms with Crippen LogP contribution in [0, 0.1) is 13.8 Å². The lowest BCUT2D eigenvalue weighted by Crippen LogP contribution is -2.37. The van der Waals surface area contributed by atoms with Gasteiger partial charge in [-0.2, -0.15) is 4.99 Å². The van der Waals surface area contributed by atoms with Crippen LogP contribution < -0.4 is 14.3 Å². The normalized spacial score (nSPS) is 16.5. The molecule has 4 rings (SSSR count). The smallest absolute Gasteiger partial charge is 0.292 e. The van der Waals surface area contributed by atoms with E-state index in [1.165, 1.54) is 22.5 Å². The number of hydrogen-bond acceptors (Lipinski definition) is 5. The van der Waals surface area contributed by atoms with Crippen LogP contribution >= 0.6 is 11.3 Å². The molecule has 1 atom stereocenters. The van der Waals surface area contributed by atoms with Gasteiger partial charge in [0.1, 0.15) is 6.61 Å². The lowest BCUT2D eigenvalue weighted by molar-refractivity contribution is -0.127. The van der Waals surface area contributed by atoms with Gasteiger partial charge in [-0.15, -0.1) is 0 Å². The number of hydrogen-bond donors (Lipinski definition) is 0. The fraction of sp³-hybridized carbons (Fsp3) is 0.333. The third kappa shape index (κ3) is 3.55. The zero-order chi connectivity index (χ0) is 19.7. The number of carbonyl (C=O) groups is 1. The molecule has 0 saturated heterocycles. The van der Waals surface area contributed by atoms with E-state index in [0.717, 1.165) is 10.2 Å². The molecule has 7 heteroatoms. The van der Waals surface area contributed by atoms with E-state index in [2.05, 4.69) is 31.0 Å². The number of methoxy groups -OCH3 is 1. The molecule has 6 nitrogen and oxygen atoms in total. The van der Waals surface area contributed by atoms with Crippen molar-refractivity contribution >= 4 is 27.5 Å². The molecule has 0 saturated carbocycles. The number of amides is 1. The fourth-order valence-corrected chi connectivity index (χ4v) is 4.25. The van der Waals surface area contributed by atoms with Gasteiger partial charge in [-0.05, 0) is 49.2 Å². The van der Waals surface area contributed by atoms with Crippen molar-refractivity contribution in [2.24, 2.45) is 4.99 Å². The van der Waals surface area contributed by atoms with Crippen molar-refractivity contribution in [1.29, 1.82) is 0 Å². The average molecular weight is 398 g/mol. The summed E-state index contributed by atoms with van der Waals surface area (Å²) in [6.45, 7) is 5.48. The first-order valence-electron chi connectivity index (χ1n) is 9.13. The highest BCUT2D eigenvalue weighted by atomic mass is 32.1. The van der Waals surface area contributed by atoms with Crippen molar-refractivity contribution < 1.29 is 19.0 Å². The number of thiazole rings is 1. The molecule has 2 aromatic carbocycles. The largest absolute Gasteiger partial charge is 0.485 e. The summed E-state index contributed by atoms with van der Waals surface area (Å²) < 4.78 is 19.8. The van der Waals surface area contributed by atoms with Gasteiger partial charge in [0, 0.05) is 13.7 Å². The van der Waals surface area contributed by atoms with Gasteiger partial charge in [-0.1, -0.05) is 23.5 Å². The summed E-state index contributed by atoms with van der Waals surface area (Å²) in [7, 11) is 1.66. The summed E-state index contributed by atoms with van der Waals surface area (Å²) in [5.41, 5.74) is 3.48. The van der Waals surface area contributed by atoms with Gasteiger partial charge >= 0.3 is 0 Å². The van der Waals surface area contributed by atoms with E-state index in [9.17, 15) is 4.79 Å². The Morgan fingerprint density at radius 2 is 2.00 bits per heavy atom. The van der Waals surface area contributed by atoms with Gasteiger partial charge in [0.2, 0.25) is 6.10 Å². The van der Waals surface area contributed by atoms with Crippen LogP contribution in [-0.2, 0) is 16.1 Å². The molecule has 0 unspecified atom stereocenters. The molecule has 1 aliphatic rings. The minimum absolute atomic E-state index is 0.153. The summed E-state index contributed by atoms with van der Waals surface area (Å²) >= 11 is 1.50. The highest BCUT2D eigenvalue weighted by Crippen LogP contribution is 2.31. The van der Waals surface area contributed by atoms with Gasteiger partial charge in [0.15, 0.2) is 16.3 Å². The predicted octanol–water partition coefficient (Wildman–Crippen LogP) is 3.23. The maximum Gasteiger partial charge on any atom is 0.292 e. The summed E-state index contributed by atoms with van der Waals surface area (Å²) in [4.78, 5) is 17.8. The molecule has 146 valence electrons. The number of fused-ring (bicyclic) bond motifs is 2. The first-order valence-corrected chi connectivity index (χ1v) is 9.95. The van der Waals surface area contributed by atoms with Crippen molar-refractivity contribution in [2.45, 2.75) is 26.5 Å². The second-order valence-electron chi connectivity index (χ2n) is 6.75. The number of para-hydroxylation sites is 2. The molecule has 0 fully saturated rings. The molecule has 0 radical (unpaired) electrons. The van der Waals surface area contributed by atoms with Crippen LogP contribution in [0.4, 0.5) is 0 Å². The summed E-state index contributed by atoms with van der Waals surface area (Å²) in [6, 6.07) is 11.6. The Balaban J connectivity index is 1.71. The van der Waals surface area contributed by atoms with E-state index in [1.54, 1.807) is 13.2 Å². The second-order valence-corrected chi connectivity index (χ2v) is 7.76. The van der Waals surface area contributed by atoms with Gasteiger partial charge in [0.25, 0.3) is 5.91 Å². The van der Waals surface area contributed by atoms with Crippen molar-refractivity contribution in [1.82, 2.24) is 4.57 Å². The molecule has 0 N–H and O–H groups in total. The van der Waals surface area contributed by atoms with E-state index in [4.69, 9.17) is 14.2 Å². The number of ether oxygens (including phenoxy) is 3. The maximum absolute atomic E-state index is 12.8. The number of nitrogens with zero attached hydrogens (tertiary/aromatic N) is 2. The first kappa shape index (κ1) is 18.7. The van der Waals surface area contributed by atoms with Crippen LogP contribution in [0.25, 0.3) is 10.2 Å². The van der Waals surface area contributed by atoms with Crippen LogP contribution in [0.2, 0.25) is 0 Å². The summed E-state index contributed by atoms with van der Waals surface area (Å²) in [5, 5.41) is 0. The molecular weight excluding hydrogens is 376 g/mol. The Kier molecular flexibility index (Phi) is 5.19. The van der Waals surface area contributed by atoms with E-state index >= 15 is 0 Å². The van der Waals surface area contributed by atoms with Crippen LogP contribution in [0.15, 0.2) is 41.4 Å². The molecule has 28 heavy (non-hydrogen) atoms. The van der Waals surface area contributed by atoms with Crippen LogP contribution in [-0.4, -0.2) is 36.9 Å². The number of benzene rings is 2. The Hall–Kier alpha value is -2.64. The highest BCUT2D eigenvalue weighted by molar-refractivity contribution is 7.16. The fourth-order valence-electron chi connectivity index (χ4n) is 3.11. The maximum atomic E-state index is 12.8. The third-order valence-electron chi connectivity index (χ3n) is 4.81. The highest BCUT2D eigenvalue weighted by Gasteiger charge is 2.27. The molecular formula is C21H22N2O4S. The zero-order valence-electron chi connectivity index (χ0n) is 16.1. The molecule has 0 aliphatic carbocycles. The van der Waals surface area contributed by atoms with E-state index in [-0.39, 0.29) is 12.5 Å². The lowest BCUT2D eigenvalue weighted by Gasteiger charge is -2.23. The molecule has 1 aromatic heterocycles. The van der Waals surface area contributed by atoms with E-state index in [1.807, 2.05) is 22.8 Å². The number of aromatic nitrogens is 1. The van der Waals surface area contributed by atoms with Gasteiger partial charge in [-0.3, -0.25) is 4.79 Å². The first-order chi connectivity index (χ1) is 13.6. The van der Waals surface area contributed by atoms with Crippen molar-refractivity contribution in [3.05, 3.63) is 52.3 Å². The van der Waals surface area contributed by atoms with Crippen LogP contribution in [0.5, 0.6) is 11.5 Å². The minimum atomic E-state index is -0.751. The van der Waals surface area contributed by atoms with Crippen LogP contribution in [0.1, 0.15) is 11.1 Å². The average Bonchev–Trinajstić information content (AvgIpc) is 3.02. The molecule has 3 aromatic rings. The zero-order valence-corrected chi connectivity index (χ0v) is 16.9. The Morgan fingerprint density at radius 3 is 2.79 bits per heavy atom. The van der Waals surface area contributed by atoms with Gasteiger partial charge < -0.3 is 18.8 Å². The van der Waals surface area contributed by atoms with E-state index < -0.39 is 6.10 Å². The van der Waals surface area contributed by atoms with Crippen molar-refractivity contribution in [2.75, 3.05) is 20.3 Å². The predicted molar refractivity (Wildman–Crippen MR) is 108 cm³/mol. The Morgan fingerprint density at radius 1 is 1.25 bits per heavy atom.